The van der Waals surface area contributed by atoms with Gasteiger partial charge in [-0.25, -0.2) is 18.6 Å². The monoisotopic (exact) mass is 590 g/mol. The van der Waals surface area contributed by atoms with Crippen molar-refractivity contribution in [2.75, 3.05) is 19.5 Å². The van der Waals surface area contributed by atoms with Gasteiger partial charge in [0, 0.05) is 24.6 Å². The normalized spacial score (nSPS) is 11.2. The topological polar surface area (TPSA) is 101 Å². The van der Waals surface area contributed by atoms with E-state index < -0.39 is 23.7 Å². The number of ether oxygens (including phenoxy) is 3. The second-order valence-corrected chi connectivity index (χ2v) is 9.33. The predicted molar refractivity (Wildman–Crippen MR) is 146 cm³/mol. The lowest BCUT2D eigenvalue weighted by Gasteiger charge is -2.21. The zero-order chi connectivity index (χ0) is 27.9. The molecule has 0 unspecified atom stereocenters. The highest BCUT2D eigenvalue weighted by Gasteiger charge is 2.24. The van der Waals surface area contributed by atoms with Gasteiger partial charge in [0.25, 0.3) is 0 Å². The van der Waals surface area contributed by atoms with Gasteiger partial charge in [-0.15, -0.1) is 0 Å². The Morgan fingerprint density at radius 3 is 2.35 bits per heavy atom. The predicted octanol–water partition coefficient (Wildman–Crippen LogP) is 6.68. The molecule has 0 aliphatic heterocycles. The quantitative estimate of drug-likeness (QED) is 0.207. The number of anilines is 1. The fourth-order valence-electron chi connectivity index (χ4n) is 3.97. The molecule has 0 aliphatic carbocycles. The van der Waals surface area contributed by atoms with Crippen LogP contribution in [0.2, 0.25) is 10.0 Å². The third kappa shape index (κ3) is 7.38. The van der Waals surface area contributed by atoms with Crippen molar-refractivity contribution in [3.05, 3.63) is 117 Å². The Morgan fingerprint density at radius 1 is 0.950 bits per heavy atom. The number of methoxy groups -OCH3 is 2. The van der Waals surface area contributed by atoms with Gasteiger partial charge in [0.05, 0.1) is 25.5 Å². The lowest BCUT2D eigenvalue weighted by Crippen LogP contribution is -2.16. The van der Waals surface area contributed by atoms with E-state index in [0.717, 1.165) is 12.1 Å². The first-order valence-corrected chi connectivity index (χ1v) is 12.6. The molecule has 0 bridgehead atoms. The number of H-pyrrole nitrogens is 1. The molecule has 1 aromatic heterocycles. The van der Waals surface area contributed by atoms with E-state index in [-0.39, 0.29) is 29.7 Å². The molecular weight excluding hydrogens is 565 g/mol. The number of esters is 1. The van der Waals surface area contributed by atoms with Crippen LogP contribution in [0.3, 0.4) is 0 Å². The summed E-state index contributed by atoms with van der Waals surface area (Å²) in [6.45, 7) is 0.203. The molecule has 0 aliphatic rings. The molecule has 7 nitrogen and oxygen atoms in total. The van der Waals surface area contributed by atoms with Crippen molar-refractivity contribution in [1.29, 1.82) is 0 Å². The van der Waals surface area contributed by atoms with Crippen molar-refractivity contribution < 1.29 is 38.2 Å². The number of carbonyl (C=O) groups is 1. The first-order chi connectivity index (χ1) is 18.8. The minimum Gasteiger partial charge on any atom is -0.870 e. The number of aromatic nitrogens is 1. The van der Waals surface area contributed by atoms with Gasteiger partial charge in [0.1, 0.15) is 27.8 Å². The Bertz CT molecular complexity index is 1470. The average Bonchev–Trinajstić information content (AvgIpc) is 2.93. The summed E-state index contributed by atoms with van der Waals surface area (Å²) in [5.41, 5.74) is 2.37. The maximum Gasteiger partial charge on any atom is 0.338 e. The van der Waals surface area contributed by atoms with E-state index in [4.69, 9.17) is 37.4 Å². The molecule has 0 radical (unpaired) electrons. The maximum absolute atomic E-state index is 14.0. The van der Waals surface area contributed by atoms with Crippen LogP contribution >= 0.6 is 23.2 Å². The second-order valence-electron chi connectivity index (χ2n) is 8.52. The molecule has 3 aromatic carbocycles. The van der Waals surface area contributed by atoms with E-state index in [1.165, 1.54) is 20.3 Å². The number of hydrogen-bond acceptors (Lipinski definition) is 6. The number of rotatable bonds is 10. The van der Waals surface area contributed by atoms with Crippen molar-refractivity contribution >= 4 is 34.9 Å². The van der Waals surface area contributed by atoms with Crippen LogP contribution in [0.5, 0.6) is 11.5 Å². The molecule has 3 N–H and O–H groups in total. The van der Waals surface area contributed by atoms with Crippen LogP contribution in [0.15, 0.2) is 73.1 Å². The Hall–Kier alpha value is -3.92. The molecule has 0 amide bonds. The Balaban J connectivity index is 0.00000441. The van der Waals surface area contributed by atoms with Crippen LogP contribution < -0.4 is 19.8 Å². The van der Waals surface area contributed by atoms with E-state index in [2.05, 4.69) is 10.3 Å². The van der Waals surface area contributed by atoms with E-state index in [1.54, 1.807) is 54.9 Å². The molecular formula is C29H26Cl2F2N2O5. The number of carbonyl (C=O) groups excluding carboxylic acids is 1. The minimum absolute atomic E-state index is 0. The van der Waals surface area contributed by atoms with Gasteiger partial charge in [-0.1, -0.05) is 41.4 Å². The van der Waals surface area contributed by atoms with Gasteiger partial charge < -0.3 is 25.0 Å². The Morgan fingerprint density at radius 2 is 1.68 bits per heavy atom. The van der Waals surface area contributed by atoms with Crippen LogP contribution in [0.25, 0.3) is 0 Å². The smallest absolute Gasteiger partial charge is 0.338 e. The Labute approximate surface area is 239 Å². The molecule has 210 valence electrons. The molecule has 0 saturated carbocycles. The summed E-state index contributed by atoms with van der Waals surface area (Å²) in [7, 11) is 3.04. The number of benzene rings is 3. The van der Waals surface area contributed by atoms with Crippen LogP contribution in [-0.4, -0.2) is 25.7 Å². The van der Waals surface area contributed by atoms with Crippen molar-refractivity contribution in [1.82, 2.24) is 0 Å². The van der Waals surface area contributed by atoms with Crippen molar-refractivity contribution in [3.63, 3.8) is 0 Å². The first kappa shape index (κ1) is 30.6. The molecule has 1 heterocycles. The number of hydrogen-bond donors (Lipinski definition) is 1. The zero-order valence-electron chi connectivity index (χ0n) is 21.5. The summed E-state index contributed by atoms with van der Waals surface area (Å²) in [5, 5.41) is 3.69. The van der Waals surface area contributed by atoms with Crippen LogP contribution in [0, 0.1) is 11.6 Å². The maximum atomic E-state index is 14.0. The average molecular weight is 591 g/mol. The Kier molecular flexibility index (Phi) is 10.7. The lowest BCUT2D eigenvalue weighted by atomic mass is 10.0. The second kappa shape index (κ2) is 13.9. The van der Waals surface area contributed by atoms with Crippen LogP contribution in [0.1, 0.15) is 33.2 Å². The molecule has 0 spiro atoms. The molecule has 0 fully saturated rings. The minimum atomic E-state index is -0.773. The third-order valence-corrected chi connectivity index (χ3v) is 6.67. The van der Waals surface area contributed by atoms with Crippen molar-refractivity contribution in [2.45, 2.75) is 19.1 Å². The van der Waals surface area contributed by atoms with Gasteiger partial charge in [0.15, 0.2) is 23.9 Å². The molecule has 4 rings (SSSR count). The number of pyridine rings is 1. The third-order valence-electron chi connectivity index (χ3n) is 5.99. The fraction of sp³-hybridized carbons (Fsp3) is 0.172. The van der Waals surface area contributed by atoms with Gasteiger partial charge in [-0.05, 0) is 47.5 Å². The largest absolute Gasteiger partial charge is 0.870 e. The van der Waals surface area contributed by atoms with Gasteiger partial charge in [-0.2, -0.15) is 0 Å². The zero-order valence-corrected chi connectivity index (χ0v) is 23.0. The van der Waals surface area contributed by atoms with Gasteiger partial charge in [0.2, 0.25) is 0 Å². The van der Waals surface area contributed by atoms with E-state index >= 15 is 0 Å². The fourth-order valence-corrected chi connectivity index (χ4v) is 4.51. The lowest BCUT2D eigenvalue weighted by molar-refractivity contribution is -0.377. The van der Waals surface area contributed by atoms with Crippen molar-refractivity contribution in [2.24, 2.45) is 0 Å². The van der Waals surface area contributed by atoms with Crippen molar-refractivity contribution in [3.8, 4) is 11.5 Å². The summed E-state index contributed by atoms with van der Waals surface area (Å²) < 4.78 is 43.9. The molecule has 1 atom stereocenters. The SMILES string of the molecule is COc1ccc([C@H](Cc2c(Cl)c[nH+]cc2Cl)OC(=O)c2cccc(CNc3ccc(F)cc3F)c2)cc1OC.[OH-]. The number of aromatic amines is 1. The van der Waals surface area contributed by atoms with Gasteiger partial charge >= 0.3 is 5.97 Å². The summed E-state index contributed by atoms with van der Waals surface area (Å²) >= 11 is 12.8. The highest BCUT2D eigenvalue weighted by Crippen LogP contribution is 2.35. The van der Waals surface area contributed by atoms with E-state index in [1.807, 2.05) is 0 Å². The highest BCUT2D eigenvalue weighted by molar-refractivity contribution is 6.35. The summed E-state index contributed by atoms with van der Waals surface area (Å²) in [5.74, 6) is -0.966. The van der Waals surface area contributed by atoms with Crippen LogP contribution in [-0.2, 0) is 17.7 Å². The van der Waals surface area contributed by atoms with Crippen LogP contribution in [0.4, 0.5) is 14.5 Å². The summed E-state index contributed by atoms with van der Waals surface area (Å²) in [6.07, 6.45) is 2.61. The summed E-state index contributed by atoms with van der Waals surface area (Å²) in [6, 6.07) is 15.2. The van der Waals surface area contributed by atoms with Gasteiger partial charge in [-0.3, -0.25) is 0 Å². The standard InChI is InChI=1S/C29H24Cl2F2N2O4.H2O/c1-37-26-9-6-18(11-28(26)38-2)27(13-21-22(30)15-34-16-23(21)31)39-29(36)19-5-3-4-17(10-19)14-35-25-8-7-20(32)12-24(25)33;/h3-12,15-16,27,35H,13-14H2,1-2H3;1H2/t27-;/m0./s1. The molecule has 40 heavy (non-hydrogen) atoms. The molecule has 11 heteroatoms. The van der Waals surface area contributed by atoms with E-state index in [0.29, 0.717) is 38.2 Å². The first-order valence-electron chi connectivity index (χ1n) is 11.8. The highest BCUT2D eigenvalue weighted by atomic mass is 35.5. The molecule has 4 aromatic rings. The number of nitrogens with one attached hydrogen (secondary N) is 2. The number of halogens is 4. The molecule has 0 saturated heterocycles. The van der Waals surface area contributed by atoms with E-state index in [9.17, 15) is 13.6 Å². The summed E-state index contributed by atoms with van der Waals surface area (Å²) in [4.78, 5) is 16.2.